The van der Waals surface area contributed by atoms with E-state index in [1.807, 2.05) is 0 Å². The molecule has 2 fully saturated rings. The fourth-order valence-corrected chi connectivity index (χ4v) is 2.60. The van der Waals surface area contributed by atoms with Gasteiger partial charge in [0.15, 0.2) is 0 Å². The van der Waals surface area contributed by atoms with Crippen LogP contribution in [0.1, 0.15) is 38.5 Å². The minimum Gasteiger partial charge on any atom is -0.391 e. The molecule has 12 heavy (non-hydrogen) atoms. The molecule has 1 aliphatic carbocycles. The third-order valence-corrected chi connectivity index (χ3v) is 3.30. The molecule has 1 N–H and O–H groups in total. The van der Waals surface area contributed by atoms with E-state index in [4.69, 9.17) is 0 Å². The lowest BCUT2D eigenvalue weighted by molar-refractivity contribution is 0.0591. The Morgan fingerprint density at radius 2 is 1.67 bits per heavy atom. The van der Waals surface area contributed by atoms with Crippen LogP contribution in [0.2, 0.25) is 0 Å². The van der Waals surface area contributed by atoms with Gasteiger partial charge < -0.3 is 5.11 Å². The summed E-state index contributed by atoms with van der Waals surface area (Å²) >= 11 is 0. The second-order valence-corrected chi connectivity index (χ2v) is 4.16. The van der Waals surface area contributed by atoms with Gasteiger partial charge in [-0.2, -0.15) is 0 Å². The smallest absolute Gasteiger partial charge is 0.0695 e. The third kappa shape index (κ3) is 1.64. The molecule has 1 saturated carbocycles. The summed E-state index contributed by atoms with van der Waals surface area (Å²) in [6.45, 7) is 2.45. The normalized spacial score (nSPS) is 38.8. The molecule has 1 saturated heterocycles. The topological polar surface area (TPSA) is 23.5 Å². The molecule has 0 aromatic carbocycles. The maximum Gasteiger partial charge on any atom is 0.0695 e. The number of hydrogen-bond donors (Lipinski definition) is 1. The highest BCUT2D eigenvalue weighted by atomic mass is 16.3. The molecule has 2 nitrogen and oxygen atoms in total. The lowest BCUT2D eigenvalue weighted by Crippen LogP contribution is -2.43. The second-order valence-electron chi connectivity index (χ2n) is 4.16. The molecule has 0 aromatic heterocycles. The summed E-state index contributed by atoms with van der Waals surface area (Å²) in [5, 5.41) is 9.70. The van der Waals surface area contributed by atoms with Gasteiger partial charge in [0.2, 0.25) is 0 Å². The predicted molar refractivity (Wildman–Crippen MR) is 49.1 cm³/mol. The van der Waals surface area contributed by atoms with Crippen LogP contribution in [-0.4, -0.2) is 35.2 Å². The molecular formula is C10H19NO. The molecule has 0 unspecified atom stereocenters. The van der Waals surface area contributed by atoms with E-state index >= 15 is 0 Å². The van der Waals surface area contributed by atoms with Gasteiger partial charge in [-0.25, -0.2) is 0 Å². The highest BCUT2D eigenvalue weighted by molar-refractivity contribution is 4.86. The van der Waals surface area contributed by atoms with Crippen LogP contribution in [-0.2, 0) is 0 Å². The second kappa shape index (κ2) is 3.75. The highest BCUT2D eigenvalue weighted by Crippen LogP contribution is 2.26. The Hall–Kier alpha value is -0.0800. The van der Waals surface area contributed by atoms with Gasteiger partial charge in [-0.3, -0.25) is 4.90 Å². The maximum absolute atomic E-state index is 9.70. The zero-order valence-electron chi connectivity index (χ0n) is 7.71. The van der Waals surface area contributed by atoms with E-state index in [-0.39, 0.29) is 6.10 Å². The Morgan fingerprint density at radius 3 is 2.25 bits per heavy atom. The first-order valence-electron chi connectivity index (χ1n) is 5.30. The molecule has 2 atom stereocenters. The Labute approximate surface area is 74.6 Å². The number of aliphatic hydroxyl groups excluding tert-OH is 1. The van der Waals surface area contributed by atoms with Crippen LogP contribution in [0.3, 0.4) is 0 Å². The first-order valence-corrected chi connectivity index (χ1v) is 5.30. The molecule has 2 rings (SSSR count). The van der Waals surface area contributed by atoms with Crippen molar-refractivity contribution in [3.05, 3.63) is 0 Å². The lowest BCUT2D eigenvalue weighted by atomic mass is 10.1. The van der Waals surface area contributed by atoms with E-state index in [0.29, 0.717) is 6.04 Å². The zero-order chi connectivity index (χ0) is 8.39. The summed E-state index contributed by atoms with van der Waals surface area (Å²) in [5.74, 6) is 0. The summed E-state index contributed by atoms with van der Waals surface area (Å²) in [4.78, 5) is 2.50. The monoisotopic (exact) mass is 169 g/mol. The molecular weight excluding hydrogens is 150 g/mol. The van der Waals surface area contributed by atoms with Gasteiger partial charge in [-0.15, -0.1) is 0 Å². The van der Waals surface area contributed by atoms with Gasteiger partial charge in [0, 0.05) is 6.04 Å². The van der Waals surface area contributed by atoms with E-state index in [9.17, 15) is 5.11 Å². The number of rotatable bonds is 1. The quantitative estimate of drug-likeness (QED) is 0.641. The van der Waals surface area contributed by atoms with Crippen molar-refractivity contribution in [2.24, 2.45) is 0 Å². The Bertz CT molecular complexity index is 143. The van der Waals surface area contributed by atoms with Crippen LogP contribution in [0.5, 0.6) is 0 Å². The Balaban J connectivity index is 1.89. The minimum absolute atomic E-state index is 0.0249. The molecule has 0 radical (unpaired) electrons. The van der Waals surface area contributed by atoms with Crippen LogP contribution in [0.15, 0.2) is 0 Å². The Morgan fingerprint density at radius 1 is 0.917 bits per heavy atom. The van der Waals surface area contributed by atoms with Gasteiger partial charge in [0.1, 0.15) is 0 Å². The van der Waals surface area contributed by atoms with E-state index in [1.165, 1.54) is 45.2 Å². The van der Waals surface area contributed by atoms with Crippen molar-refractivity contribution in [1.82, 2.24) is 4.90 Å². The van der Waals surface area contributed by atoms with Crippen LogP contribution in [0, 0.1) is 0 Å². The zero-order valence-corrected chi connectivity index (χ0v) is 7.71. The molecule has 0 spiro atoms. The van der Waals surface area contributed by atoms with Crippen molar-refractivity contribution in [2.45, 2.75) is 50.7 Å². The number of piperidine rings is 1. The summed E-state index contributed by atoms with van der Waals surface area (Å²) in [6, 6.07) is 0.505. The van der Waals surface area contributed by atoms with Gasteiger partial charge in [0.25, 0.3) is 0 Å². The largest absolute Gasteiger partial charge is 0.391 e. The molecule has 70 valence electrons. The number of aliphatic hydroxyl groups is 1. The summed E-state index contributed by atoms with van der Waals surface area (Å²) in [7, 11) is 0. The van der Waals surface area contributed by atoms with E-state index in [1.54, 1.807) is 0 Å². The first kappa shape index (κ1) is 8.52. The SMILES string of the molecule is O[C@H]1CCC[C@H]1N1CCCCC1. The molecule has 1 heterocycles. The highest BCUT2D eigenvalue weighted by Gasteiger charge is 2.30. The standard InChI is InChI=1S/C10H19NO/c12-10-6-4-5-9(10)11-7-2-1-3-8-11/h9-10,12H,1-8H2/t9-,10+/m1/s1. The van der Waals surface area contributed by atoms with Crippen molar-refractivity contribution in [1.29, 1.82) is 0 Å². The fraction of sp³-hybridized carbons (Fsp3) is 1.00. The number of likely N-dealkylation sites (tertiary alicyclic amines) is 1. The summed E-state index contributed by atoms with van der Waals surface area (Å²) in [6.07, 6.45) is 7.51. The van der Waals surface area contributed by atoms with E-state index in [0.717, 1.165) is 6.42 Å². The molecule has 2 aliphatic rings. The number of hydrogen-bond acceptors (Lipinski definition) is 2. The Kier molecular flexibility index (Phi) is 2.66. The lowest BCUT2D eigenvalue weighted by Gasteiger charge is -2.33. The van der Waals surface area contributed by atoms with Crippen LogP contribution < -0.4 is 0 Å². The first-order chi connectivity index (χ1) is 5.88. The third-order valence-electron chi connectivity index (χ3n) is 3.30. The fourth-order valence-electron chi connectivity index (χ4n) is 2.60. The van der Waals surface area contributed by atoms with Crippen molar-refractivity contribution < 1.29 is 5.11 Å². The van der Waals surface area contributed by atoms with E-state index < -0.39 is 0 Å². The number of nitrogens with zero attached hydrogens (tertiary/aromatic N) is 1. The molecule has 0 bridgehead atoms. The van der Waals surface area contributed by atoms with Crippen LogP contribution in [0.4, 0.5) is 0 Å². The van der Waals surface area contributed by atoms with Crippen LogP contribution >= 0.6 is 0 Å². The van der Waals surface area contributed by atoms with Gasteiger partial charge in [-0.05, 0) is 45.2 Å². The van der Waals surface area contributed by atoms with Gasteiger partial charge in [-0.1, -0.05) is 6.42 Å². The van der Waals surface area contributed by atoms with Crippen molar-refractivity contribution in [3.63, 3.8) is 0 Å². The average molecular weight is 169 g/mol. The van der Waals surface area contributed by atoms with Gasteiger partial charge >= 0.3 is 0 Å². The van der Waals surface area contributed by atoms with Crippen LogP contribution in [0.25, 0.3) is 0 Å². The average Bonchev–Trinajstić information content (AvgIpc) is 2.53. The summed E-state index contributed by atoms with van der Waals surface area (Å²) in [5.41, 5.74) is 0. The van der Waals surface area contributed by atoms with Crippen molar-refractivity contribution >= 4 is 0 Å². The molecule has 0 aromatic rings. The maximum atomic E-state index is 9.70. The molecule has 0 amide bonds. The minimum atomic E-state index is -0.0249. The van der Waals surface area contributed by atoms with Crippen molar-refractivity contribution in [2.75, 3.05) is 13.1 Å². The van der Waals surface area contributed by atoms with E-state index in [2.05, 4.69) is 4.90 Å². The molecule has 2 heteroatoms. The molecule has 1 aliphatic heterocycles. The van der Waals surface area contributed by atoms with Gasteiger partial charge in [0.05, 0.1) is 6.10 Å². The summed E-state index contributed by atoms with van der Waals surface area (Å²) < 4.78 is 0. The predicted octanol–water partition coefficient (Wildman–Crippen LogP) is 1.39. The van der Waals surface area contributed by atoms with Crippen molar-refractivity contribution in [3.8, 4) is 0 Å².